The summed E-state index contributed by atoms with van der Waals surface area (Å²) in [5.41, 5.74) is 3.30. The van der Waals surface area contributed by atoms with Crippen LogP contribution >= 0.6 is 15.9 Å². The Labute approximate surface area is 233 Å². The molecule has 1 atom stereocenters. The minimum atomic E-state index is -0.964. The van der Waals surface area contributed by atoms with Gasteiger partial charge in [-0.3, -0.25) is 9.59 Å². The molecule has 8 nitrogen and oxygen atoms in total. The van der Waals surface area contributed by atoms with Crippen LogP contribution in [0.2, 0.25) is 0 Å². The van der Waals surface area contributed by atoms with Crippen LogP contribution in [0.15, 0.2) is 88.7 Å². The molecule has 10 heteroatoms. The van der Waals surface area contributed by atoms with Gasteiger partial charge in [0.1, 0.15) is 29.0 Å². The smallest absolute Gasteiger partial charge is 0.261 e. The first-order chi connectivity index (χ1) is 18.8. The summed E-state index contributed by atoms with van der Waals surface area (Å²) in [6.07, 6.45) is 1.41. The van der Waals surface area contributed by atoms with Crippen molar-refractivity contribution in [3.63, 3.8) is 0 Å². The number of anilines is 3. The number of halogens is 2. The van der Waals surface area contributed by atoms with Gasteiger partial charge in [0.05, 0.1) is 24.6 Å². The lowest BCUT2D eigenvalue weighted by Crippen LogP contribution is -2.32. The highest BCUT2D eigenvalue weighted by molar-refractivity contribution is 9.10. The van der Waals surface area contributed by atoms with Gasteiger partial charge < -0.3 is 20.7 Å². The van der Waals surface area contributed by atoms with E-state index in [-0.39, 0.29) is 16.7 Å². The predicted octanol–water partition coefficient (Wildman–Crippen LogP) is 6.28. The fourth-order valence-electron chi connectivity index (χ4n) is 4.50. The molecule has 0 fully saturated rings. The zero-order chi connectivity index (χ0) is 27.7. The molecule has 0 saturated carbocycles. The number of amides is 2. The fourth-order valence-corrected chi connectivity index (χ4v) is 4.88. The standard InChI is InChI=1S/C29H25BrFN5O3/c1-16-8-11-19(12-9-16)34-28(37)21-15-32-36-26(20-14-18(30)10-13-22(20)31)25(17(2)33-27(21)36)29(38)35-23-6-4-5-7-24(23)39-3/h4-15,26,33H,1-3H3,(H,34,37)(H,35,38)/t26-/m0/s1. The second-order valence-corrected chi connectivity index (χ2v) is 9.97. The number of rotatable bonds is 6. The molecule has 0 saturated heterocycles. The number of aromatic nitrogens is 2. The molecule has 3 aromatic carbocycles. The second-order valence-electron chi connectivity index (χ2n) is 9.06. The molecule has 3 N–H and O–H groups in total. The molecule has 2 heterocycles. The Morgan fingerprint density at radius 1 is 1.03 bits per heavy atom. The first kappa shape index (κ1) is 26.2. The average Bonchev–Trinajstić information content (AvgIpc) is 3.34. The van der Waals surface area contributed by atoms with Crippen molar-refractivity contribution in [1.29, 1.82) is 0 Å². The van der Waals surface area contributed by atoms with Gasteiger partial charge in [-0.15, -0.1) is 0 Å². The molecule has 4 aromatic rings. The first-order valence-electron chi connectivity index (χ1n) is 12.1. The maximum Gasteiger partial charge on any atom is 0.261 e. The van der Waals surface area contributed by atoms with Crippen molar-refractivity contribution in [3.8, 4) is 5.75 Å². The SMILES string of the molecule is COc1ccccc1NC(=O)C1=C(C)Nc2c(C(=O)Nc3ccc(C)cc3)cnn2[C@H]1c1cc(Br)ccc1F. The molecule has 2 amide bonds. The van der Waals surface area contributed by atoms with E-state index in [0.717, 1.165) is 5.56 Å². The molecule has 5 rings (SSSR count). The zero-order valence-corrected chi connectivity index (χ0v) is 23.0. The Balaban J connectivity index is 1.57. The predicted molar refractivity (Wildman–Crippen MR) is 152 cm³/mol. The summed E-state index contributed by atoms with van der Waals surface area (Å²) in [6, 6.07) is 18.0. The van der Waals surface area contributed by atoms with Gasteiger partial charge in [0.25, 0.3) is 11.8 Å². The number of nitrogens with zero attached hydrogens (tertiary/aromatic N) is 2. The van der Waals surface area contributed by atoms with Gasteiger partial charge in [0, 0.05) is 21.4 Å². The lowest BCUT2D eigenvalue weighted by Gasteiger charge is -2.30. The summed E-state index contributed by atoms with van der Waals surface area (Å²) >= 11 is 3.41. The van der Waals surface area contributed by atoms with Crippen LogP contribution < -0.4 is 20.7 Å². The number of carbonyl (C=O) groups is 2. The number of hydrogen-bond donors (Lipinski definition) is 3. The summed E-state index contributed by atoms with van der Waals surface area (Å²) < 4.78 is 22.8. The highest BCUT2D eigenvalue weighted by Gasteiger charge is 2.37. The van der Waals surface area contributed by atoms with Crippen molar-refractivity contribution in [2.24, 2.45) is 0 Å². The number of methoxy groups -OCH3 is 1. The minimum absolute atomic E-state index is 0.213. The summed E-state index contributed by atoms with van der Waals surface area (Å²) in [6.45, 7) is 3.67. The third-order valence-corrected chi connectivity index (χ3v) is 6.92. The topological polar surface area (TPSA) is 97.3 Å². The van der Waals surface area contributed by atoms with Crippen molar-refractivity contribution in [2.45, 2.75) is 19.9 Å². The number of aryl methyl sites for hydroxylation is 1. The van der Waals surface area contributed by atoms with Crippen LogP contribution in [-0.4, -0.2) is 28.7 Å². The fraction of sp³-hybridized carbons (Fsp3) is 0.138. The van der Waals surface area contributed by atoms with Gasteiger partial charge in [-0.1, -0.05) is 45.8 Å². The summed E-state index contributed by atoms with van der Waals surface area (Å²) in [5, 5.41) is 13.3. The number of benzene rings is 3. The van der Waals surface area contributed by atoms with E-state index in [1.165, 1.54) is 24.1 Å². The largest absolute Gasteiger partial charge is 0.495 e. The molecule has 0 unspecified atom stereocenters. The summed E-state index contributed by atoms with van der Waals surface area (Å²) in [5.74, 6) is -0.563. The van der Waals surface area contributed by atoms with E-state index >= 15 is 4.39 Å². The van der Waals surface area contributed by atoms with Gasteiger partial charge >= 0.3 is 0 Å². The van der Waals surface area contributed by atoms with Gasteiger partial charge in [0.2, 0.25) is 0 Å². The number of carbonyl (C=O) groups excluding carboxylic acids is 2. The van der Waals surface area contributed by atoms with Crippen LogP contribution in [-0.2, 0) is 4.79 Å². The third-order valence-electron chi connectivity index (χ3n) is 6.43. The van der Waals surface area contributed by atoms with Crippen LogP contribution in [0.3, 0.4) is 0 Å². The van der Waals surface area contributed by atoms with E-state index < -0.39 is 23.7 Å². The summed E-state index contributed by atoms with van der Waals surface area (Å²) in [4.78, 5) is 27.0. The number of para-hydroxylation sites is 2. The summed E-state index contributed by atoms with van der Waals surface area (Å²) in [7, 11) is 1.51. The maximum atomic E-state index is 15.3. The quantitative estimate of drug-likeness (QED) is 0.246. The van der Waals surface area contributed by atoms with Gasteiger partial charge in [-0.05, 0) is 56.3 Å². The Hall–Kier alpha value is -4.44. The van der Waals surface area contributed by atoms with Gasteiger partial charge in [-0.2, -0.15) is 5.10 Å². The monoisotopic (exact) mass is 589 g/mol. The highest BCUT2D eigenvalue weighted by Crippen LogP contribution is 2.40. The van der Waals surface area contributed by atoms with Crippen LogP contribution in [0.1, 0.15) is 34.5 Å². The average molecular weight is 590 g/mol. The molecular formula is C29H25BrFN5O3. The van der Waals surface area contributed by atoms with Gasteiger partial charge in [-0.25, -0.2) is 9.07 Å². The van der Waals surface area contributed by atoms with Crippen LogP contribution in [0.25, 0.3) is 0 Å². The van der Waals surface area contributed by atoms with Crippen LogP contribution in [0.5, 0.6) is 5.75 Å². The van der Waals surface area contributed by atoms with Gasteiger partial charge in [0.15, 0.2) is 0 Å². The molecule has 0 aliphatic carbocycles. The number of allylic oxidation sites excluding steroid dienone is 1. The van der Waals surface area contributed by atoms with Crippen molar-refractivity contribution in [1.82, 2.24) is 9.78 Å². The lowest BCUT2D eigenvalue weighted by atomic mass is 9.94. The molecule has 1 aliphatic rings. The molecule has 0 bridgehead atoms. The Kier molecular flexibility index (Phi) is 7.21. The van der Waals surface area contributed by atoms with Crippen molar-refractivity contribution < 1.29 is 18.7 Å². The molecule has 1 aliphatic heterocycles. The molecule has 198 valence electrons. The van der Waals surface area contributed by atoms with E-state index in [1.807, 2.05) is 31.2 Å². The van der Waals surface area contributed by atoms with E-state index in [2.05, 4.69) is 37.0 Å². The van der Waals surface area contributed by atoms with Crippen molar-refractivity contribution >= 4 is 44.9 Å². The molecule has 0 spiro atoms. The first-order valence-corrected chi connectivity index (χ1v) is 12.9. The second kappa shape index (κ2) is 10.7. The lowest BCUT2D eigenvalue weighted by molar-refractivity contribution is -0.113. The Bertz CT molecular complexity index is 1610. The van der Waals surface area contributed by atoms with Crippen LogP contribution in [0.4, 0.5) is 21.6 Å². The van der Waals surface area contributed by atoms with E-state index in [4.69, 9.17) is 4.74 Å². The third kappa shape index (κ3) is 5.15. The minimum Gasteiger partial charge on any atom is -0.495 e. The normalized spacial score (nSPS) is 14.3. The number of ether oxygens (including phenoxy) is 1. The van der Waals surface area contributed by atoms with Crippen molar-refractivity contribution in [2.75, 3.05) is 23.1 Å². The zero-order valence-electron chi connectivity index (χ0n) is 21.4. The Morgan fingerprint density at radius 2 is 1.77 bits per heavy atom. The number of fused-ring (bicyclic) bond motifs is 1. The van der Waals surface area contributed by atoms with E-state index in [0.29, 0.717) is 33.1 Å². The van der Waals surface area contributed by atoms with Crippen LogP contribution in [0, 0.1) is 12.7 Å². The van der Waals surface area contributed by atoms with Crippen molar-refractivity contribution in [3.05, 3.63) is 111 Å². The molecular weight excluding hydrogens is 565 g/mol. The highest BCUT2D eigenvalue weighted by atomic mass is 79.9. The molecule has 39 heavy (non-hydrogen) atoms. The van der Waals surface area contributed by atoms with E-state index in [1.54, 1.807) is 43.3 Å². The molecule has 0 radical (unpaired) electrons. The molecule has 1 aromatic heterocycles. The Morgan fingerprint density at radius 3 is 2.51 bits per heavy atom. The number of nitrogens with one attached hydrogen (secondary N) is 3. The van der Waals surface area contributed by atoms with E-state index in [9.17, 15) is 9.59 Å². The number of hydrogen-bond acceptors (Lipinski definition) is 5. The maximum absolute atomic E-state index is 15.3.